The van der Waals surface area contributed by atoms with E-state index in [1.165, 1.54) is 166 Å². The highest BCUT2D eigenvalue weighted by Crippen LogP contribution is 2.63. The standard InChI is InChI=1S/C70H85BN2O/c1-63(2,3)44-16-21-59-48(31-44)61-62(74-59)71-55-36-53-54(69(14,15)27-26-68(53,12)13)37-56(55)72(46-17-19-49-51(34-46)66(8,9)24-22-64(49,4)5)57-32-45(70-38-41-28-42(39-70)30-43(29-41)40-70)33-58(60(57)71)73(61)47-18-20-50-52(35-47)67(10,11)25-23-65(50,6)7/h16-21,31-37,41-43H,22-30,38-40H2,1-15H3. The summed E-state index contributed by atoms with van der Waals surface area (Å²) >= 11 is 0. The molecule has 2 aliphatic heterocycles. The number of nitrogens with zero attached hydrogens (tertiary/aromatic N) is 2. The molecular weight excluding hydrogens is 896 g/mol. The Kier molecular flexibility index (Phi) is 9.58. The summed E-state index contributed by atoms with van der Waals surface area (Å²) in [6, 6.07) is 33.6. The van der Waals surface area contributed by atoms with Gasteiger partial charge in [0.25, 0.3) is 6.71 Å². The molecule has 7 aliphatic carbocycles. The molecule has 3 nitrogen and oxygen atoms in total. The molecule has 0 saturated heterocycles. The summed E-state index contributed by atoms with van der Waals surface area (Å²) in [6.07, 6.45) is 15.4. The summed E-state index contributed by atoms with van der Waals surface area (Å²) in [5.74, 6) is 2.51. The highest BCUT2D eigenvalue weighted by Gasteiger charge is 2.55. The Morgan fingerprint density at radius 1 is 0.473 bits per heavy atom. The first kappa shape index (κ1) is 47.7. The second kappa shape index (κ2) is 14.9. The van der Waals surface area contributed by atoms with E-state index in [1.54, 1.807) is 5.56 Å². The first-order valence-corrected chi connectivity index (χ1v) is 29.5. The van der Waals surface area contributed by atoms with E-state index >= 15 is 0 Å². The minimum atomic E-state index is -0.0828. The molecule has 384 valence electrons. The molecule has 4 saturated carbocycles. The van der Waals surface area contributed by atoms with E-state index in [0.717, 1.165) is 29.0 Å². The van der Waals surface area contributed by atoms with Crippen LogP contribution in [0.1, 0.15) is 225 Å². The molecule has 4 heteroatoms. The van der Waals surface area contributed by atoms with Crippen LogP contribution in [-0.4, -0.2) is 6.71 Å². The van der Waals surface area contributed by atoms with Crippen LogP contribution in [0.4, 0.5) is 34.1 Å². The minimum Gasteiger partial charge on any atom is -0.468 e. The van der Waals surface area contributed by atoms with Crippen molar-refractivity contribution in [3.63, 3.8) is 0 Å². The van der Waals surface area contributed by atoms with Crippen molar-refractivity contribution in [2.75, 3.05) is 9.80 Å². The number of anilines is 6. The zero-order chi connectivity index (χ0) is 51.8. The third-order valence-corrected chi connectivity index (χ3v) is 22.3. The normalized spacial score (nSPS) is 27.5. The van der Waals surface area contributed by atoms with E-state index < -0.39 is 0 Å². The molecule has 0 N–H and O–H groups in total. The zero-order valence-corrected chi connectivity index (χ0v) is 48.1. The van der Waals surface area contributed by atoms with Gasteiger partial charge in [-0.25, -0.2) is 0 Å². The molecule has 1 aromatic heterocycles. The highest BCUT2D eigenvalue weighted by atomic mass is 16.3. The molecule has 0 atom stereocenters. The molecule has 0 unspecified atom stereocenters. The average molecular weight is 981 g/mol. The van der Waals surface area contributed by atoms with Gasteiger partial charge in [-0.2, -0.15) is 0 Å². The van der Waals surface area contributed by atoms with E-state index in [9.17, 15) is 0 Å². The van der Waals surface area contributed by atoms with Crippen LogP contribution >= 0.6 is 0 Å². The van der Waals surface area contributed by atoms with Crippen molar-refractivity contribution in [1.82, 2.24) is 0 Å². The average Bonchev–Trinajstić information content (AvgIpc) is 3.71. The van der Waals surface area contributed by atoms with Gasteiger partial charge in [0, 0.05) is 33.8 Å². The second-order valence-electron chi connectivity index (χ2n) is 31.2. The Balaban J connectivity index is 1.13. The maximum absolute atomic E-state index is 7.68. The molecule has 3 heterocycles. The van der Waals surface area contributed by atoms with E-state index in [2.05, 4.69) is 193 Å². The summed E-state index contributed by atoms with van der Waals surface area (Å²) in [4.78, 5) is 5.57. The van der Waals surface area contributed by atoms with Gasteiger partial charge in [-0.3, -0.25) is 0 Å². The zero-order valence-electron chi connectivity index (χ0n) is 48.1. The quantitative estimate of drug-likeness (QED) is 0.165. The third-order valence-electron chi connectivity index (χ3n) is 22.3. The summed E-state index contributed by atoms with van der Waals surface area (Å²) in [5, 5.41) is 1.24. The molecule has 9 aliphatic rings. The molecule has 15 rings (SSSR count). The van der Waals surface area contributed by atoms with Crippen LogP contribution in [0.25, 0.3) is 11.0 Å². The molecular formula is C70H85BN2O. The van der Waals surface area contributed by atoms with Gasteiger partial charge in [0.05, 0.1) is 11.3 Å². The Hall–Kier alpha value is -4.70. The summed E-state index contributed by atoms with van der Waals surface area (Å²) in [6.45, 7) is 37.0. The van der Waals surface area contributed by atoms with Gasteiger partial charge in [-0.1, -0.05) is 128 Å². The lowest BCUT2D eigenvalue weighted by Crippen LogP contribution is -2.61. The van der Waals surface area contributed by atoms with E-state index in [-0.39, 0.29) is 50.0 Å². The van der Waals surface area contributed by atoms with E-state index in [0.29, 0.717) is 0 Å². The van der Waals surface area contributed by atoms with Crippen LogP contribution in [-0.2, 0) is 43.3 Å². The Bertz CT molecular complexity index is 3360. The van der Waals surface area contributed by atoms with Crippen LogP contribution in [0.15, 0.2) is 83.3 Å². The summed E-state index contributed by atoms with van der Waals surface area (Å²) in [5.41, 5.74) is 25.5. The minimum absolute atomic E-state index is 0.0237. The van der Waals surface area contributed by atoms with Gasteiger partial charge in [0.15, 0.2) is 0 Å². The topological polar surface area (TPSA) is 19.6 Å². The van der Waals surface area contributed by atoms with Crippen LogP contribution in [0, 0.1) is 17.8 Å². The van der Waals surface area contributed by atoms with E-state index in [4.69, 9.17) is 4.42 Å². The molecule has 74 heavy (non-hydrogen) atoms. The lowest BCUT2D eigenvalue weighted by Gasteiger charge is -2.57. The highest BCUT2D eigenvalue weighted by molar-refractivity contribution is 7.00. The fraction of sp³-hybridized carbons (Fsp3) is 0.543. The van der Waals surface area contributed by atoms with Crippen LogP contribution in [0.5, 0.6) is 0 Å². The van der Waals surface area contributed by atoms with Gasteiger partial charge in [0.2, 0.25) is 0 Å². The second-order valence-corrected chi connectivity index (χ2v) is 31.2. The number of hydrogen-bond donors (Lipinski definition) is 0. The first-order valence-electron chi connectivity index (χ1n) is 29.5. The van der Waals surface area contributed by atoms with Gasteiger partial charge in [-0.05, 0) is 248 Å². The fourth-order valence-electron chi connectivity index (χ4n) is 17.8. The largest absolute Gasteiger partial charge is 0.468 e. The van der Waals surface area contributed by atoms with Crippen LogP contribution in [0.2, 0.25) is 0 Å². The predicted octanol–water partition coefficient (Wildman–Crippen LogP) is 17.3. The van der Waals surface area contributed by atoms with Crippen LogP contribution < -0.4 is 26.4 Å². The molecule has 0 spiro atoms. The number of hydrogen-bond acceptors (Lipinski definition) is 3. The lowest BCUT2D eigenvalue weighted by atomic mass is 9.35. The smallest absolute Gasteiger partial charge is 0.297 e. The molecule has 0 amide bonds. The van der Waals surface area contributed by atoms with Gasteiger partial charge in [-0.15, -0.1) is 0 Å². The maximum Gasteiger partial charge on any atom is 0.297 e. The SMILES string of the molecule is CC(C)(C)c1ccc2oc3c(c2c1)N(c1ccc2c(c1)C(C)(C)CCC2(C)C)c1cc(C24CC5CC(CC(C5)C2)C4)cc2c1B3c1cc3c(cc1N2c1ccc2c(c1)C(C)(C)CCC2(C)C)C(C)(C)CCC3(C)C. The molecule has 4 bridgehead atoms. The third kappa shape index (κ3) is 6.69. The van der Waals surface area contributed by atoms with Gasteiger partial charge < -0.3 is 14.2 Å². The van der Waals surface area contributed by atoms with Crippen molar-refractivity contribution in [3.8, 4) is 0 Å². The van der Waals surface area contributed by atoms with Crippen molar-refractivity contribution in [1.29, 1.82) is 0 Å². The Labute approximate surface area is 445 Å². The monoisotopic (exact) mass is 981 g/mol. The van der Waals surface area contributed by atoms with Crippen LogP contribution in [0.3, 0.4) is 0 Å². The van der Waals surface area contributed by atoms with Crippen molar-refractivity contribution in [2.24, 2.45) is 17.8 Å². The molecule has 6 aromatic rings. The predicted molar refractivity (Wildman–Crippen MR) is 315 cm³/mol. The molecule has 5 aromatic carbocycles. The number of fused-ring (bicyclic) bond motifs is 9. The van der Waals surface area contributed by atoms with Crippen molar-refractivity contribution in [2.45, 2.75) is 224 Å². The van der Waals surface area contributed by atoms with Crippen molar-refractivity contribution < 1.29 is 4.42 Å². The first-order chi connectivity index (χ1) is 34.6. The Morgan fingerprint density at radius 3 is 1.42 bits per heavy atom. The molecule has 0 radical (unpaired) electrons. The molecule has 4 fully saturated rings. The Morgan fingerprint density at radius 2 is 0.919 bits per heavy atom. The summed E-state index contributed by atoms with van der Waals surface area (Å²) < 4.78 is 7.68. The van der Waals surface area contributed by atoms with Gasteiger partial charge >= 0.3 is 0 Å². The lowest BCUT2D eigenvalue weighted by molar-refractivity contribution is -0.00514. The number of rotatable bonds is 3. The summed E-state index contributed by atoms with van der Waals surface area (Å²) in [7, 11) is 0. The van der Waals surface area contributed by atoms with E-state index in [1.807, 2.05) is 0 Å². The van der Waals surface area contributed by atoms with Crippen molar-refractivity contribution >= 4 is 68.4 Å². The van der Waals surface area contributed by atoms with Gasteiger partial charge in [0.1, 0.15) is 5.58 Å². The van der Waals surface area contributed by atoms with Crippen molar-refractivity contribution in [3.05, 3.63) is 123 Å². The maximum atomic E-state index is 7.68. The number of furan rings is 1. The fourth-order valence-corrected chi connectivity index (χ4v) is 17.8. The number of benzene rings is 5.